The normalized spacial score (nSPS) is 15.5. The molecular weight excluding hydrogens is 283 g/mol. The number of amides is 1. The van der Waals surface area contributed by atoms with Gasteiger partial charge >= 0.3 is 0 Å². The van der Waals surface area contributed by atoms with Crippen LogP contribution in [0.5, 0.6) is 0 Å². The average Bonchev–Trinajstić information content (AvgIpc) is 2.39. The number of nitrogens with zero attached hydrogens (tertiary/aromatic N) is 2. The number of carbonyl (C=O) groups is 1. The number of primary amides is 1. The van der Waals surface area contributed by atoms with Crippen molar-refractivity contribution >= 4 is 28.5 Å². The second kappa shape index (κ2) is 3.26. The largest absolute Gasteiger partial charge is 0.365 e. The van der Waals surface area contributed by atoms with Gasteiger partial charge in [-0.1, -0.05) is 0 Å². The van der Waals surface area contributed by atoms with Crippen LogP contribution in [0, 0.1) is 3.70 Å². The van der Waals surface area contributed by atoms with Gasteiger partial charge in [0.1, 0.15) is 3.70 Å². The van der Waals surface area contributed by atoms with E-state index in [0.29, 0.717) is 15.8 Å². The van der Waals surface area contributed by atoms with Gasteiger partial charge in [-0.25, -0.2) is 0 Å². The first-order valence-electron chi connectivity index (χ1n) is 3.96. The first-order chi connectivity index (χ1) is 6.20. The Bertz CT molecular complexity index is 360. The van der Waals surface area contributed by atoms with Gasteiger partial charge in [0.25, 0.3) is 5.91 Å². The van der Waals surface area contributed by atoms with E-state index in [1.807, 2.05) is 27.3 Å². The van der Waals surface area contributed by atoms with Gasteiger partial charge in [0.15, 0.2) is 0 Å². The molecule has 6 heteroatoms. The third-order valence-corrected chi connectivity index (χ3v) is 2.81. The minimum atomic E-state index is -0.394. The van der Waals surface area contributed by atoms with Crippen LogP contribution in [0.3, 0.4) is 0 Å². The molecule has 1 amide bonds. The maximum Gasteiger partial charge on any atom is 0.253 e. The fourth-order valence-electron chi connectivity index (χ4n) is 1.46. The van der Waals surface area contributed by atoms with Gasteiger partial charge in [-0.05, 0) is 22.6 Å². The van der Waals surface area contributed by atoms with E-state index in [4.69, 9.17) is 5.73 Å². The number of nitrogens with two attached hydrogens (primary N) is 1. The minimum absolute atomic E-state index is 0.394. The Morgan fingerprint density at radius 3 is 3.15 bits per heavy atom. The van der Waals surface area contributed by atoms with Gasteiger partial charge in [0.2, 0.25) is 0 Å². The van der Waals surface area contributed by atoms with Crippen molar-refractivity contribution in [2.75, 3.05) is 6.54 Å². The third kappa shape index (κ3) is 1.44. The van der Waals surface area contributed by atoms with Crippen molar-refractivity contribution < 1.29 is 4.79 Å². The summed E-state index contributed by atoms with van der Waals surface area (Å²) in [5.41, 5.74) is 6.73. The van der Waals surface area contributed by atoms with Crippen molar-refractivity contribution in [1.29, 1.82) is 0 Å². The molecule has 1 aliphatic rings. The Morgan fingerprint density at radius 2 is 2.46 bits per heavy atom. The molecule has 70 valence electrons. The first-order valence-corrected chi connectivity index (χ1v) is 5.03. The summed E-state index contributed by atoms with van der Waals surface area (Å²) in [5, 5.41) is 7.41. The first kappa shape index (κ1) is 8.95. The highest BCUT2D eigenvalue weighted by molar-refractivity contribution is 14.1. The molecule has 1 aromatic heterocycles. The van der Waals surface area contributed by atoms with E-state index in [1.54, 1.807) is 0 Å². The molecule has 3 N–H and O–H groups in total. The Hall–Kier alpha value is -0.630. The Kier molecular flexibility index (Phi) is 2.24. The number of aromatic nitrogens is 2. The summed E-state index contributed by atoms with van der Waals surface area (Å²) in [6.07, 6.45) is 0. The van der Waals surface area contributed by atoms with Gasteiger partial charge in [0, 0.05) is 13.1 Å². The van der Waals surface area contributed by atoms with Crippen LogP contribution in [0.15, 0.2) is 0 Å². The number of halogens is 1. The highest BCUT2D eigenvalue weighted by Gasteiger charge is 2.21. The van der Waals surface area contributed by atoms with Crippen LogP contribution in [-0.2, 0) is 13.1 Å². The van der Waals surface area contributed by atoms with Crippen molar-refractivity contribution in [1.82, 2.24) is 15.1 Å². The zero-order chi connectivity index (χ0) is 9.42. The molecule has 1 aliphatic heterocycles. The summed E-state index contributed by atoms with van der Waals surface area (Å²) in [6, 6.07) is 0. The molecule has 0 saturated heterocycles. The van der Waals surface area contributed by atoms with Crippen molar-refractivity contribution in [2.24, 2.45) is 5.73 Å². The zero-order valence-electron chi connectivity index (χ0n) is 6.88. The molecule has 0 spiro atoms. The average molecular weight is 292 g/mol. The van der Waals surface area contributed by atoms with E-state index in [1.165, 1.54) is 0 Å². The van der Waals surface area contributed by atoms with Gasteiger partial charge in [0.05, 0.1) is 17.8 Å². The second-order valence-electron chi connectivity index (χ2n) is 2.88. The summed E-state index contributed by atoms with van der Waals surface area (Å²) >= 11 is 2.04. The molecule has 2 heterocycles. The van der Waals surface area contributed by atoms with Crippen molar-refractivity contribution in [3.63, 3.8) is 0 Å². The summed E-state index contributed by atoms with van der Waals surface area (Å²) in [7, 11) is 0. The molecule has 0 fully saturated rings. The molecule has 1 aromatic rings. The molecule has 0 radical (unpaired) electrons. The lowest BCUT2D eigenvalue weighted by molar-refractivity contribution is 0.0998. The van der Waals surface area contributed by atoms with E-state index in [2.05, 4.69) is 10.4 Å². The number of nitrogens with one attached hydrogen (secondary N) is 1. The van der Waals surface area contributed by atoms with Crippen LogP contribution in [0.25, 0.3) is 0 Å². The number of carbonyl (C=O) groups excluding carboxylic acids is 1. The van der Waals surface area contributed by atoms with E-state index < -0.39 is 5.91 Å². The zero-order valence-corrected chi connectivity index (χ0v) is 9.04. The van der Waals surface area contributed by atoms with Crippen molar-refractivity contribution in [3.05, 3.63) is 15.0 Å². The highest BCUT2D eigenvalue weighted by Crippen LogP contribution is 2.17. The van der Waals surface area contributed by atoms with Crippen LogP contribution in [0.1, 0.15) is 16.1 Å². The Labute approximate surface area is 88.8 Å². The fraction of sp³-hybridized carbons (Fsp3) is 0.429. The van der Waals surface area contributed by atoms with Gasteiger partial charge in [-0.3, -0.25) is 9.48 Å². The lowest BCUT2D eigenvalue weighted by Gasteiger charge is -2.14. The predicted molar refractivity (Wildman–Crippen MR) is 55.2 cm³/mol. The number of fused-ring (bicyclic) bond motifs is 1. The lowest BCUT2D eigenvalue weighted by atomic mass is 10.2. The van der Waals surface area contributed by atoms with Crippen LogP contribution in [-0.4, -0.2) is 22.2 Å². The number of hydrogen-bond acceptors (Lipinski definition) is 3. The molecule has 0 aromatic carbocycles. The Morgan fingerprint density at radius 1 is 1.69 bits per heavy atom. The summed E-state index contributed by atoms with van der Waals surface area (Å²) in [4.78, 5) is 11.1. The number of hydrogen-bond donors (Lipinski definition) is 2. The second-order valence-corrected chi connectivity index (χ2v) is 3.90. The highest BCUT2D eigenvalue weighted by atomic mass is 127. The summed E-state index contributed by atoms with van der Waals surface area (Å²) in [6.45, 7) is 2.37. The number of rotatable bonds is 1. The van der Waals surface area contributed by atoms with Crippen LogP contribution in [0.2, 0.25) is 0 Å². The Balaban J connectivity index is 2.54. The van der Waals surface area contributed by atoms with Gasteiger partial charge < -0.3 is 11.1 Å². The SMILES string of the molecule is NC(=O)c1c(I)nn2c1CNCC2. The van der Waals surface area contributed by atoms with Gasteiger partial charge in [-0.15, -0.1) is 0 Å². The van der Waals surface area contributed by atoms with Crippen LogP contribution in [0.4, 0.5) is 0 Å². The lowest BCUT2D eigenvalue weighted by Crippen LogP contribution is -2.30. The van der Waals surface area contributed by atoms with E-state index >= 15 is 0 Å². The fourth-order valence-corrected chi connectivity index (χ4v) is 2.30. The quantitative estimate of drug-likeness (QED) is 0.697. The molecular formula is C7H9IN4O. The smallest absolute Gasteiger partial charge is 0.253 e. The minimum Gasteiger partial charge on any atom is -0.365 e. The van der Waals surface area contributed by atoms with Crippen LogP contribution < -0.4 is 11.1 Å². The summed E-state index contributed by atoms with van der Waals surface area (Å²) in [5.74, 6) is -0.394. The van der Waals surface area contributed by atoms with E-state index in [9.17, 15) is 4.79 Å². The molecule has 0 unspecified atom stereocenters. The topological polar surface area (TPSA) is 72.9 Å². The van der Waals surface area contributed by atoms with E-state index in [0.717, 1.165) is 18.8 Å². The standard InChI is InChI=1S/C7H9IN4O/c8-6-5(7(9)13)4-3-10-1-2-12(4)11-6/h10H,1-3H2,(H2,9,13). The molecule has 13 heavy (non-hydrogen) atoms. The molecule has 5 nitrogen and oxygen atoms in total. The third-order valence-electron chi connectivity index (χ3n) is 2.05. The van der Waals surface area contributed by atoms with Gasteiger partial charge in [-0.2, -0.15) is 5.10 Å². The predicted octanol–water partition coefficient (Wildman–Crippen LogP) is -0.310. The molecule has 0 atom stereocenters. The maximum atomic E-state index is 11.1. The van der Waals surface area contributed by atoms with Crippen LogP contribution >= 0.6 is 22.6 Å². The monoisotopic (exact) mass is 292 g/mol. The molecule has 2 rings (SSSR count). The molecule has 0 aliphatic carbocycles. The molecule has 0 saturated carbocycles. The van der Waals surface area contributed by atoms with Crippen molar-refractivity contribution in [2.45, 2.75) is 13.1 Å². The maximum absolute atomic E-state index is 11.1. The molecule has 0 bridgehead atoms. The van der Waals surface area contributed by atoms with E-state index in [-0.39, 0.29) is 0 Å². The summed E-state index contributed by atoms with van der Waals surface area (Å²) < 4.78 is 2.54. The van der Waals surface area contributed by atoms with Crippen molar-refractivity contribution in [3.8, 4) is 0 Å².